The molecule has 0 N–H and O–H groups in total. The van der Waals surface area contributed by atoms with E-state index in [4.69, 9.17) is 0 Å². The Morgan fingerprint density at radius 2 is 1.35 bits per heavy atom. The van der Waals surface area contributed by atoms with Crippen LogP contribution in [0.1, 0.15) is 106 Å². The van der Waals surface area contributed by atoms with Crippen LogP contribution in [0.4, 0.5) is 17.1 Å². The van der Waals surface area contributed by atoms with E-state index < -0.39 is 0 Å². The van der Waals surface area contributed by atoms with Crippen molar-refractivity contribution >= 4 is 27.8 Å². The Morgan fingerprint density at radius 1 is 0.549 bits per heavy atom. The number of benzene rings is 6. The van der Waals surface area contributed by atoms with Crippen molar-refractivity contribution in [2.75, 3.05) is 4.90 Å². The SMILES string of the molecule is CC1(C)c2ccc(-c3ccccc3)cc2-c2ccc(N(c3ccc(C4CC5CCC4C5)cc3)c3cccc4cc(C5CCCCC5)ccc34)cc21. The summed E-state index contributed by atoms with van der Waals surface area (Å²) in [6, 6.07) is 49.2. The second-order valence-electron chi connectivity index (χ2n) is 16.8. The van der Waals surface area contributed by atoms with Crippen molar-refractivity contribution in [1.29, 1.82) is 0 Å². The van der Waals surface area contributed by atoms with E-state index >= 15 is 0 Å². The average molecular weight is 664 g/mol. The standard InChI is InChI=1S/C50H49N/c1-50(2)47-27-21-38(35-12-7-4-8-13-35)31-46(47)44-26-24-42(32-48(44)50)51(41-22-18-36(19-23-41)45-29-33-16-17-40(45)28-33)49-15-9-14-39-30-37(20-25-43(39)49)34-10-5-3-6-11-34/h4,7-9,12-15,18-27,30-34,40,45H,3,5-6,10-11,16-17,28-29H2,1-2H3. The van der Waals surface area contributed by atoms with Crippen molar-refractivity contribution in [2.45, 2.75) is 88.9 Å². The maximum atomic E-state index is 2.54. The Bertz CT molecular complexity index is 2240. The first-order chi connectivity index (χ1) is 25.0. The predicted octanol–water partition coefficient (Wildman–Crippen LogP) is 14.2. The van der Waals surface area contributed by atoms with E-state index in [-0.39, 0.29) is 5.41 Å². The molecular formula is C50H49N. The van der Waals surface area contributed by atoms with Gasteiger partial charge < -0.3 is 4.90 Å². The summed E-state index contributed by atoms with van der Waals surface area (Å²) in [4.78, 5) is 2.54. The van der Waals surface area contributed by atoms with Gasteiger partial charge in [0.15, 0.2) is 0 Å². The number of hydrogen-bond acceptors (Lipinski definition) is 1. The molecule has 2 bridgehead atoms. The minimum Gasteiger partial charge on any atom is -0.310 e. The maximum absolute atomic E-state index is 2.54. The molecule has 4 aliphatic carbocycles. The lowest BCUT2D eigenvalue weighted by Gasteiger charge is -2.30. The molecule has 51 heavy (non-hydrogen) atoms. The van der Waals surface area contributed by atoms with Crippen LogP contribution in [0.2, 0.25) is 0 Å². The summed E-state index contributed by atoms with van der Waals surface area (Å²) in [5, 5.41) is 2.67. The third kappa shape index (κ3) is 5.26. The maximum Gasteiger partial charge on any atom is 0.0540 e. The van der Waals surface area contributed by atoms with Crippen LogP contribution in [0, 0.1) is 11.8 Å². The normalized spacial score (nSPS) is 21.9. The molecule has 0 saturated heterocycles. The van der Waals surface area contributed by atoms with Crippen LogP contribution in [0.25, 0.3) is 33.0 Å². The Morgan fingerprint density at radius 3 is 2.14 bits per heavy atom. The van der Waals surface area contributed by atoms with E-state index in [0.717, 1.165) is 17.8 Å². The quantitative estimate of drug-likeness (QED) is 0.171. The van der Waals surface area contributed by atoms with Crippen molar-refractivity contribution in [3.63, 3.8) is 0 Å². The van der Waals surface area contributed by atoms with E-state index in [1.165, 1.54) is 125 Å². The molecular weight excluding hydrogens is 615 g/mol. The van der Waals surface area contributed by atoms with Crippen LogP contribution >= 0.6 is 0 Å². The van der Waals surface area contributed by atoms with E-state index in [1.807, 2.05) is 0 Å². The largest absolute Gasteiger partial charge is 0.310 e. The molecule has 10 rings (SSSR count). The van der Waals surface area contributed by atoms with Gasteiger partial charge in [-0.2, -0.15) is 0 Å². The molecule has 0 radical (unpaired) electrons. The molecule has 3 atom stereocenters. The molecule has 0 aromatic heterocycles. The highest BCUT2D eigenvalue weighted by atomic mass is 15.1. The molecule has 254 valence electrons. The zero-order chi connectivity index (χ0) is 34.1. The molecule has 6 aromatic rings. The van der Waals surface area contributed by atoms with E-state index in [0.29, 0.717) is 5.92 Å². The van der Waals surface area contributed by atoms with E-state index in [2.05, 4.69) is 146 Å². The third-order valence-electron chi connectivity index (χ3n) is 13.5. The summed E-state index contributed by atoms with van der Waals surface area (Å²) >= 11 is 0. The summed E-state index contributed by atoms with van der Waals surface area (Å²) < 4.78 is 0. The number of hydrogen-bond donors (Lipinski definition) is 0. The van der Waals surface area contributed by atoms with Gasteiger partial charge in [0.2, 0.25) is 0 Å². The average Bonchev–Trinajstić information content (AvgIpc) is 3.88. The summed E-state index contributed by atoms with van der Waals surface area (Å²) in [6.45, 7) is 4.81. The fourth-order valence-electron chi connectivity index (χ4n) is 10.8. The Hall–Kier alpha value is -4.62. The van der Waals surface area contributed by atoms with Crippen LogP contribution in [0.15, 0.2) is 127 Å². The summed E-state index contributed by atoms with van der Waals surface area (Å²) in [5.41, 5.74) is 14.8. The van der Waals surface area contributed by atoms with Gasteiger partial charge in [-0.3, -0.25) is 0 Å². The molecule has 0 aliphatic heterocycles. The van der Waals surface area contributed by atoms with Gasteiger partial charge in [-0.05, 0) is 142 Å². The van der Waals surface area contributed by atoms with Crippen molar-refractivity contribution < 1.29 is 0 Å². The third-order valence-corrected chi connectivity index (χ3v) is 13.5. The topological polar surface area (TPSA) is 3.24 Å². The summed E-state index contributed by atoms with van der Waals surface area (Å²) in [5.74, 6) is 3.27. The lowest BCUT2D eigenvalue weighted by Crippen LogP contribution is -2.17. The number of rotatable bonds is 6. The highest BCUT2D eigenvalue weighted by Crippen LogP contribution is 2.54. The van der Waals surface area contributed by atoms with Gasteiger partial charge in [-0.25, -0.2) is 0 Å². The van der Waals surface area contributed by atoms with Crippen molar-refractivity contribution in [3.8, 4) is 22.3 Å². The smallest absolute Gasteiger partial charge is 0.0540 e. The van der Waals surface area contributed by atoms with Gasteiger partial charge in [-0.15, -0.1) is 0 Å². The molecule has 0 spiro atoms. The lowest BCUT2D eigenvalue weighted by atomic mass is 9.82. The van der Waals surface area contributed by atoms with Gasteiger partial charge in [-0.1, -0.05) is 131 Å². The first-order valence-electron chi connectivity index (χ1n) is 19.8. The minimum absolute atomic E-state index is 0.0964. The second-order valence-corrected chi connectivity index (χ2v) is 16.8. The van der Waals surface area contributed by atoms with E-state index in [1.54, 1.807) is 5.56 Å². The minimum atomic E-state index is -0.0964. The van der Waals surface area contributed by atoms with Gasteiger partial charge in [0, 0.05) is 22.2 Å². The fraction of sp³-hybridized carbons (Fsp3) is 0.320. The summed E-state index contributed by atoms with van der Waals surface area (Å²) in [7, 11) is 0. The zero-order valence-electron chi connectivity index (χ0n) is 30.2. The van der Waals surface area contributed by atoms with Crippen LogP contribution < -0.4 is 4.90 Å². The van der Waals surface area contributed by atoms with Crippen LogP contribution in [-0.2, 0) is 5.41 Å². The molecule has 3 fully saturated rings. The molecule has 3 saturated carbocycles. The lowest BCUT2D eigenvalue weighted by molar-refractivity contribution is 0.420. The second kappa shape index (κ2) is 12.3. The van der Waals surface area contributed by atoms with Crippen LogP contribution in [-0.4, -0.2) is 0 Å². The Kier molecular flexibility index (Phi) is 7.49. The molecule has 1 heteroatoms. The van der Waals surface area contributed by atoms with Crippen molar-refractivity contribution in [2.24, 2.45) is 11.8 Å². The number of nitrogens with zero attached hydrogens (tertiary/aromatic N) is 1. The molecule has 0 heterocycles. The number of anilines is 3. The summed E-state index contributed by atoms with van der Waals surface area (Å²) in [6.07, 6.45) is 12.5. The van der Waals surface area contributed by atoms with Gasteiger partial charge in [0.1, 0.15) is 0 Å². The van der Waals surface area contributed by atoms with Crippen molar-refractivity contribution in [3.05, 3.63) is 150 Å². The Labute approximate surface area is 304 Å². The Balaban J connectivity index is 1.09. The van der Waals surface area contributed by atoms with Gasteiger partial charge >= 0.3 is 0 Å². The highest BCUT2D eigenvalue weighted by Gasteiger charge is 2.40. The molecule has 6 aromatic carbocycles. The first kappa shape index (κ1) is 31.1. The van der Waals surface area contributed by atoms with E-state index in [9.17, 15) is 0 Å². The van der Waals surface area contributed by atoms with Crippen LogP contribution in [0.5, 0.6) is 0 Å². The zero-order valence-corrected chi connectivity index (χ0v) is 30.2. The molecule has 3 unspecified atom stereocenters. The van der Waals surface area contributed by atoms with Crippen molar-refractivity contribution in [1.82, 2.24) is 0 Å². The van der Waals surface area contributed by atoms with Crippen LogP contribution in [0.3, 0.4) is 0 Å². The highest BCUT2D eigenvalue weighted by molar-refractivity contribution is 6.00. The molecule has 0 amide bonds. The predicted molar refractivity (Wildman–Crippen MR) is 216 cm³/mol. The molecule has 4 aliphatic rings. The fourth-order valence-corrected chi connectivity index (χ4v) is 10.8. The number of fused-ring (bicyclic) bond motifs is 6. The molecule has 1 nitrogen and oxygen atoms in total. The first-order valence-corrected chi connectivity index (χ1v) is 19.8. The monoisotopic (exact) mass is 663 g/mol. The van der Waals surface area contributed by atoms with Gasteiger partial charge in [0.25, 0.3) is 0 Å². The van der Waals surface area contributed by atoms with Gasteiger partial charge in [0.05, 0.1) is 5.69 Å².